The van der Waals surface area contributed by atoms with Gasteiger partial charge in [-0.15, -0.1) is 0 Å². The fourth-order valence-electron chi connectivity index (χ4n) is 2.19. The van der Waals surface area contributed by atoms with Gasteiger partial charge in [0.25, 0.3) is 0 Å². The second-order valence-electron chi connectivity index (χ2n) is 4.52. The molecule has 0 fully saturated rings. The highest BCUT2D eigenvalue weighted by molar-refractivity contribution is 6.12. The Morgan fingerprint density at radius 1 is 1.16 bits per heavy atom. The lowest BCUT2D eigenvalue weighted by Crippen LogP contribution is -2.04. The van der Waals surface area contributed by atoms with E-state index in [9.17, 15) is 4.79 Å². The molecule has 0 saturated carbocycles. The number of nitrogen functional groups attached to an aromatic ring is 1. The van der Waals surface area contributed by atoms with Gasteiger partial charge in [-0.1, -0.05) is 0 Å². The largest absolute Gasteiger partial charge is 0.399 e. The number of benzene rings is 2. The summed E-state index contributed by atoms with van der Waals surface area (Å²) in [6, 6.07) is 10.7. The van der Waals surface area contributed by atoms with E-state index in [0.29, 0.717) is 16.8 Å². The molecule has 0 saturated heterocycles. The zero-order valence-corrected chi connectivity index (χ0v) is 10.5. The molecule has 0 aliphatic carbocycles. The molecular weight excluding hydrogens is 238 g/mol. The topological polar surface area (TPSA) is 71.8 Å². The number of hydrogen-bond acceptors (Lipinski definition) is 3. The minimum atomic E-state index is 0.000556. The lowest BCUT2D eigenvalue weighted by Gasteiger charge is -2.06. The van der Waals surface area contributed by atoms with Crippen molar-refractivity contribution >= 4 is 22.4 Å². The van der Waals surface area contributed by atoms with Gasteiger partial charge in [-0.25, -0.2) is 0 Å². The molecule has 1 heterocycles. The molecule has 1 aromatic heterocycles. The van der Waals surface area contributed by atoms with E-state index in [-0.39, 0.29) is 5.78 Å². The van der Waals surface area contributed by atoms with E-state index in [2.05, 4.69) is 10.2 Å². The van der Waals surface area contributed by atoms with Crippen LogP contribution in [0.15, 0.2) is 42.6 Å². The molecule has 4 heteroatoms. The number of nitrogens with two attached hydrogens (primary N) is 1. The Morgan fingerprint density at radius 3 is 2.63 bits per heavy atom. The lowest BCUT2D eigenvalue weighted by molar-refractivity contribution is 0.103. The predicted octanol–water partition coefficient (Wildman–Crippen LogP) is 2.68. The molecule has 3 N–H and O–H groups in total. The summed E-state index contributed by atoms with van der Waals surface area (Å²) in [4.78, 5) is 12.5. The molecule has 19 heavy (non-hydrogen) atoms. The van der Waals surface area contributed by atoms with Crippen LogP contribution in [0.1, 0.15) is 21.5 Å². The Balaban J connectivity index is 2.11. The number of carbonyl (C=O) groups excluding carboxylic acids is 1. The Labute approximate surface area is 110 Å². The minimum absolute atomic E-state index is 0.000556. The van der Waals surface area contributed by atoms with Crippen LogP contribution in [0.5, 0.6) is 0 Å². The van der Waals surface area contributed by atoms with Crippen LogP contribution in [0.2, 0.25) is 0 Å². The van der Waals surface area contributed by atoms with Crippen LogP contribution < -0.4 is 5.73 Å². The number of carbonyl (C=O) groups is 1. The van der Waals surface area contributed by atoms with Gasteiger partial charge in [-0.3, -0.25) is 9.89 Å². The molecule has 0 unspecified atom stereocenters. The van der Waals surface area contributed by atoms with Crippen molar-refractivity contribution in [3.8, 4) is 0 Å². The highest BCUT2D eigenvalue weighted by Crippen LogP contribution is 2.22. The smallest absolute Gasteiger partial charge is 0.193 e. The second kappa shape index (κ2) is 4.24. The summed E-state index contributed by atoms with van der Waals surface area (Å²) in [7, 11) is 0. The van der Waals surface area contributed by atoms with Gasteiger partial charge < -0.3 is 5.73 Å². The van der Waals surface area contributed by atoms with Crippen LogP contribution in [0, 0.1) is 6.92 Å². The third-order valence-corrected chi connectivity index (χ3v) is 3.31. The molecule has 0 radical (unpaired) electrons. The number of aryl methyl sites for hydroxylation is 1. The third-order valence-electron chi connectivity index (χ3n) is 3.31. The van der Waals surface area contributed by atoms with Gasteiger partial charge >= 0.3 is 0 Å². The highest BCUT2D eigenvalue weighted by atomic mass is 16.1. The molecule has 2 aromatic carbocycles. The van der Waals surface area contributed by atoms with Crippen LogP contribution in [-0.2, 0) is 0 Å². The van der Waals surface area contributed by atoms with Crippen molar-refractivity contribution in [2.75, 3.05) is 5.73 Å². The van der Waals surface area contributed by atoms with Crippen LogP contribution in [0.3, 0.4) is 0 Å². The molecule has 0 spiro atoms. The summed E-state index contributed by atoms with van der Waals surface area (Å²) in [5.74, 6) is 0.000556. The van der Waals surface area contributed by atoms with Crippen molar-refractivity contribution < 1.29 is 4.79 Å². The number of hydrogen-bond donors (Lipinski definition) is 2. The first-order chi connectivity index (χ1) is 9.16. The molecule has 0 bridgehead atoms. The summed E-state index contributed by atoms with van der Waals surface area (Å²) in [5, 5.41) is 7.86. The van der Waals surface area contributed by atoms with E-state index >= 15 is 0 Å². The van der Waals surface area contributed by atoms with E-state index in [1.807, 2.05) is 19.1 Å². The third kappa shape index (κ3) is 1.87. The van der Waals surface area contributed by atoms with Gasteiger partial charge in [0, 0.05) is 22.2 Å². The molecule has 94 valence electrons. The van der Waals surface area contributed by atoms with E-state index < -0.39 is 0 Å². The first kappa shape index (κ1) is 11.5. The van der Waals surface area contributed by atoms with Crippen LogP contribution in [0.25, 0.3) is 10.9 Å². The number of H-pyrrole nitrogens is 1. The standard InChI is InChI=1S/C15H13N3O/c1-9-12(6-7-14-13(9)8-17-18-14)15(19)10-2-4-11(16)5-3-10/h2-8H,16H2,1H3,(H,17,18). The lowest BCUT2D eigenvalue weighted by atomic mass is 9.97. The Hall–Kier alpha value is -2.62. The molecular formula is C15H13N3O. The molecule has 4 nitrogen and oxygen atoms in total. The second-order valence-corrected chi connectivity index (χ2v) is 4.52. The van der Waals surface area contributed by atoms with E-state index in [1.165, 1.54) is 0 Å². The van der Waals surface area contributed by atoms with Crippen LogP contribution in [-0.4, -0.2) is 16.0 Å². The maximum Gasteiger partial charge on any atom is 0.193 e. The number of nitrogens with zero attached hydrogens (tertiary/aromatic N) is 1. The number of ketones is 1. The SMILES string of the molecule is Cc1c(C(=O)c2ccc(N)cc2)ccc2[nH]ncc12. The van der Waals surface area contributed by atoms with Gasteiger partial charge in [0.05, 0.1) is 11.7 Å². The highest BCUT2D eigenvalue weighted by Gasteiger charge is 2.14. The zero-order chi connectivity index (χ0) is 13.4. The van der Waals surface area contributed by atoms with E-state index in [1.54, 1.807) is 30.5 Å². The Morgan fingerprint density at radius 2 is 1.89 bits per heavy atom. The minimum Gasteiger partial charge on any atom is -0.399 e. The normalized spacial score (nSPS) is 10.8. The first-order valence-electron chi connectivity index (χ1n) is 6.00. The molecule has 0 atom stereocenters. The summed E-state index contributed by atoms with van der Waals surface area (Å²) >= 11 is 0. The Bertz CT molecular complexity index is 757. The zero-order valence-electron chi connectivity index (χ0n) is 10.5. The number of rotatable bonds is 2. The number of fused-ring (bicyclic) bond motifs is 1. The van der Waals surface area contributed by atoms with Crippen molar-refractivity contribution in [2.45, 2.75) is 6.92 Å². The van der Waals surface area contributed by atoms with Gasteiger partial charge in [-0.05, 0) is 48.9 Å². The predicted molar refractivity (Wildman–Crippen MR) is 75.1 cm³/mol. The maximum atomic E-state index is 12.5. The fraction of sp³-hybridized carbons (Fsp3) is 0.0667. The molecule has 0 amide bonds. The fourth-order valence-corrected chi connectivity index (χ4v) is 2.19. The number of nitrogens with one attached hydrogen (secondary N) is 1. The van der Waals surface area contributed by atoms with E-state index in [4.69, 9.17) is 5.73 Å². The molecule has 3 rings (SSSR count). The number of aromatic nitrogens is 2. The van der Waals surface area contributed by atoms with Crippen LogP contribution in [0.4, 0.5) is 5.69 Å². The van der Waals surface area contributed by atoms with Gasteiger partial charge in [0.15, 0.2) is 5.78 Å². The summed E-state index contributed by atoms with van der Waals surface area (Å²) in [6.07, 6.45) is 1.74. The van der Waals surface area contributed by atoms with Crippen molar-refractivity contribution in [1.82, 2.24) is 10.2 Å². The Kier molecular flexibility index (Phi) is 2.56. The van der Waals surface area contributed by atoms with Crippen molar-refractivity contribution in [3.05, 3.63) is 59.3 Å². The average molecular weight is 251 g/mol. The molecule has 3 aromatic rings. The van der Waals surface area contributed by atoms with Crippen LogP contribution >= 0.6 is 0 Å². The number of anilines is 1. The van der Waals surface area contributed by atoms with Crippen molar-refractivity contribution in [3.63, 3.8) is 0 Å². The monoisotopic (exact) mass is 251 g/mol. The van der Waals surface area contributed by atoms with E-state index in [0.717, 1.165) is 16.5 Å². The summed E-state index contributed by atoms with van der Waals surface area (Å²) in [5.41, 5.74) is 9.49. The van der Waals surface area contributed by atoms with Gasteiger partial charge in [0.2, 0.25) is 0 Å². The van der Waals surface area contributed by atoms with Gasteiger partial charge in [-0.2, -0.15) is 5.10 Å². The van der Waals surface area contributed by atoms with Crippen molar-refractivity contribution in [1.29, 1.82) is 0 Å². The molecule has 0 aliphatic rings. The quantitative estimate of drug-likeness (QED) is 0.543. The summed E-state index contributed by atoms with van der Waals surface area (Å²) < 4.78 is 0. The first-order valence-corrected chi connectivity index (χ1v) is 6.00. The number of aromatic amines is 1. The van der Waals surface area contributed by atoms with Gasteiger partial charge in [0.1, 0.15) is 0 Å². The summed E-state index contributed by atoms with van der Waals surface area (Å²) in [6.45, 7) is 1.93. The molecule has 0 aliphatic heterocycles. The average Bonchev–Trinajstić information content (AvgIpc) is 2.88. The van der Waals surface area contributed by atoms with Crippen molar-refractivity contribution in [2.24, 2.45) is 0 Å². The maximum absolute atomic E-state index is 12.5.